The number of nitrogens with zero attached hydrogens (tertiary/aromatic N) is 2. The molecule has 3 heterocycles. The molecule has 4 rings (SSSR count). The van der Waals surface area contributed by atoms with Gasteiger partial charge >= 0.3 is 0 Å². The Kier molecular flexibility index (Phi) is 4.00. The van der Waals surface area contributed by atoms with Crippen LogP contribution in [-0.4, -0.2) is 36.1 Å². The van der Waals surface area contributed by atoms with Crippen LogP contribution in [0.2, 0.25) is 0 Å². The van der Waals surface area contributed by atoms with Gasteiger partial charge in [-0.3, -0.25) is 4.90 Å². The average molecular weight is 310 g/mol. The second kappa shape index (κ2) is 5.60. The third-order valence-corrected chi connectivity index (χ3v) is 5.36. The summed E-state index contributed by atoms with van der Waals surface area (Å²) in [6.07, 6.45) is 0. The van der Waals surface area contributed by atoms with E-state index in [0.29, 0.717) is 0 Å². The highest BCUT2D eigenvalue weighted by Crippen LogP contribution is 2.28. The minimum Gasteiger partial charge on any atom is -0.316 e. The van der Waals surface area contributed by atoms with E-state index >= 15 is 0 Å². The van der Waals surface area contributed by atoms with Gasteiger partial charge in [0, 0.05) is 19.6 Å². The summed E-state index contributed by atoms with van der Waals surface area (Å²) in [4.78, 5) is 7.15. The molecular weight excluding hydrogens is 290 g/mol. The average Bonchev–Trinajstić information content (AvgIpc) is 3.01. The molecule has 0 spiro atoms. The first kappa shape index (κ1) is 14.3. The fraction of sp³-hybridized carbons (Fsp3) is 0.533. The summed E-state index contributed by atoms with van der Waals surface area (Å²) >= 11 is 1.80. The molecule has 20 heavy (non-hydrogen) atoms. The maximum Gasteiger partial charge on any atom is 0.0907 e. The molecule has 0 saturated carbocycles. The highest BCUT2D eigenvalue weighted by Gasteiger charge is 2.35. The molecule has 0 bridgehead atoms. The Morgan fingerprint density at radius 3 is 2.80 bits per heavy atom. The van der Waals surface area contributed by atoms with Gasteiger partial charge in [0.15, 0.2) is 0 Å². The van der Waals surface area contributed by atoms with Crippen molar-refractivity contribution < 1.29 is 0 Å². The number of aryl methyl sites for hydroxylation is 1. The first-order valence-corrected chi connectivity index (χ1v) is 7.89. The Morgan fingerprint density at radius 2 is 2.05 bits per heavy atom. The molecule has 1 aromatic carbocycles. The monoisotopic (exact) mass is 309 g/mol. The van der Waals surface area contributed by atoms with Gasteiger partial charge in [-0.2, -0.15) is 0 Å². The van der Waals surface area contributed by atoms with Crippen molar-refractivity contribution in [2.24, 2.45) is 11.8 Å². The van der Waals surface area contributed by atoms with Crippen LogP contribution < -0.4 is 5.32 Å². The van der Waals surface area contributed by atoms with Crippen LogP contribution in [-0.2, 0) is 6.54 Å². The van der Waals surface area contributed by atoms with Gasteiger partial charge in [-0.25, -0.2) is 4.98 Å². The van der Waals surface area contributed by atoms with Crippen LogP contribution in [0.3, 0.4) is 0 Å². The van der Waals surface area contributed by atoms with Gasteiger partial charge in [0.25, 0.3) is 0 Å². The van der Waals surface area contributed by atoms with Gasteiger partial charge < -0.3 is 5.32 Å². The van der Waals surface area contributed by atoms with E-state index in [-0.39, 0.29) is 12.4 Å². The zero-order chi connectivity index (χ0) is 12.8. The highest BCUT2D eigenvalue weighted by molar-refractivity contribution is 7.18. The summed E-state index contributed by atoms with van der Waals surface area (Å²) in [6, 6.07) is 6.74. The van der Waals surface area contributed by atoms with E-state index in [1.165, 1.54) is 36.4 Å². The lowest BCUT2D eigenvalue weighted by molar-refractivity contribution is 0.306. The smallest absolute Gasteiger partial charge is 0.0907 e. The molecule has 3 nitrogen and oxygen atoms in total. The highest BCUT2D eigenvalue weighted by atomic mass is 35.5. The van der Waals surface area contributed by atoms with Gasteiger partial charge in [0.05, 0.1) is 15.2 Å². The number of likely N-dealkylation sites (tertiary alicyclic amines) is 1. The predicted molar refractivity (Wildman–Crippen MR) is 86.7 cm³/mol. The van der Waals surface area contributed by atoms with Gasteiger partial charge in [0.1, 0.15) is 0 Å². The lowest BCUT2D eigenvalue weighted by atomic mass is 10.0. The summed E-state index contributed by atoms with van der Waals surface area (Å²) in [6.45, 7) is 8.14. The van der Waals surface area contributed by atoms with Crippen molar-refractivity contribution in [3.8, 4) is 0 Å². The Labute approximate surface area is 129 Å². The zero-order valence-electron chi connectivity index (χ0n) is 11.6. The number of hydrogen-bond acceptors (Lipinski definition) is 4. The van der Waals surface area contributed by atoms with E-state index in [9.17, 15) is 0 Å². The number of fused-ring (bicyclic) bond motifs is 2. The molecule has 2 saturated heterocycles. The summed E-state index contributed by atoms with van der Waals surface area (Å²) < 4.78 is 1.33. The molecule has 1 aromatic heterocycles. The maximum atomic E-state index is 4.53. The molecule has 2 aromatic rings. The molecule has 0 amide bonds. The molecule has 1 N–H and O–H groups in total. The molecule has 2 aliphatic rings. The topological polar surface area (TPSA) is 28.2 Å². The Morgan fingerprint density at radius 1 is 1.30 bits per heavy atom. The van der Waals surface area contributed by atoms with Crippen molar-refractivity contribution in [1.29, 1.82) is 0 Å². The molecule has 5 heteroatoms. The van der Waals surface area contributed by atoms with Crippen LogP contribution in [0, 0.1) is 18.8 Å². The second-order valence-corrected chi connectivity index (χ2v) is 7.14. The molecule has 2 atom stereocenters. The van der Waals surface area contributed by atoms with Crippen molar-refractivity contribution in [2.45, 2.75) is 13.5 Å². The maximum absolute atomic E-state index is 4.53. The summed E-state index contributed by atoms with van der Waals surface area (Å²) in [5.41, 5.74) is 2.58. The zero-order valence-corrected chi connectivity index (χ0v) is 13.3. The van der Waals surface area contributed by atoms with Crippen molar-refractivity contribution in [3.63, 3.8) is 0 Å². The predicted octanol–water partition coefficient (Wildman–Crippen LogP) is 2.68. The van der Waals surface area contributed by atoms with Gasteiger partial charge in [-0.1, -0.05) is 6.07 Å². The molecular formula is C15H20ClN3S. The van der Waals surface area contributed by atoms with Crippen molar-refractivity contribution in [2.75, 3.05) is 26.2 Å². The van der Waals surface area contributed by atoms with Crippen LogP contribution in [0.5, 0.6) is 0 Å². The van der Waals surface area contributed by atoms with Crippen molar-refractivity contribution >= 4 is 34.0 Å². The number of halogens is 1. The van der Waals surface area contributed by atoms with E-state index in [1.54, 1.807) is 11.3 Å². The molecule has 2 aliphatic heterocycles. The summed E-state index contributed by atoms with van der Waals surface area (Å²) in [5, 5.41) is 4.66. The Balaban J connectivity index is 0.00000121. The van der Waals surface area contributed by atoms with Crippen LogP contribution in [0.25, 0.3) is 10.2 Å². The molecule has 0 unspecified atom stereocenters. The summed E-state index contributed by atoms with van der Waals surface area (Å²) in [7, 11) is 0. The lowest BCUT2D eigenvalue weighted by Gasteiger charge is -2.16. The lowest BCUT2D eigenvalue weighted by Crippen LogP contribution is -2.25. The second-order valence-electron chi connectivity index (χ2n) is 5.91. The number of thiazole rings is 1. The van der Waals surface area contributed by atoms with Gasteiger partial charge in [0.2, 0.25) is 0 Å². The van der Waals surface area contributed by atoms with Crippen LogP contribution in [0.15, 0.2) is 18.2 Å². The molecule has 2 fully saturated rings. The van der Waals surface area contributed by atoms with Crippen molar-refractivity contribution in [3.05, 3.63) is 28.8 Å². The first-order chi connectivity index (χ1) is 9.28. The largest absolute Gasteiger partial charge is 0.316 e. The number of nitrogens with one attached hydrogen (secondary N) is 1. The first-order valence-electron chi connectivity index (χ1n) is 7.07. The number of hydrogen-bond donors (Lipinski definition) is 1. The molecule has 0 radical (unpaired) electrons. The van der Waals surface area contributed by atoms with E-state index < -0.39 is 0 Å². The summed E-state index contributed by atoms with van der Waals surface area (Å²) in [5.74, 6) is 1.77. The normalized spacial score (nSPS) is 25.9. The van der Waals surface area contributed by atoms with E-state index in [0.717, 1.165) is 28.9 Å². The number of rotatable bonds is 2. The quantitative estimate of drug-likeness (QED) is 0.924. The van der Waals surface area contributed by atoms with Crippen LogP contribution in [0.1, 0.15) is 10.6 Å². The Hall–Kier alpha value is -0.680. The van der Waals surface area contributed by atoms with E-state index in [1.807, 2.05) is 0 Å². The fourth-order valence-corrected chi connectivity index (χ4v) is 4.41. The third kappa shape index (κ3) is 2.58. The number of aromatic nitrogens is 1. The van der Waals surface area contributed by atoms with Gasteiger partial charge in [-0.05, 0) is 49.5 Å². The fourth-order valence-electron chi connectivity index (χ4n) is 3.52. The van der Waals surface area contributed by atoms with Crippen molar-refractivity contribution in [1.82, 2.24) is 15.2 Å². The molecule has 0 aliphatic carbocycles. The Bertz CT molecular complexity index is 600. The minimum absolute atomic E-state index is 0. The van der Waals surface area contributed by atoms with Gasteiger partial charge in [-0.15, -0.1) is 23.7 Å². The SMILES string of the molecule is Cc1nc2ccc(CN3C[C@H]4CNC[C@H]4C3)cc2s1.Cl. The van der Waals surface area contributed by atoms with Crippen LogP contribution >= 0.6 is 23.7 Å². The van der Waals surface area contributed by atoms with E-state index in [4.69, 9.17) is 0 Å². The van der Waals surface area contributed by atoms with Crippen LogP contribution in [0.4, 0.5) is 0 Å². The molecule has 108 valence electrons. The third-order valence-electron chi connectivity index (χ3n) is 4.43. The van der Waals surface area contributed by atoms with E-state index in [2.05, 4.69) is 40.3 Å². The minimum atomic E-state index is 0. The number of benzene rings is 1. The standard InChI is InChI=1S/C15H19N3S.ClH/c1-10-17-14-3-2-11(4-15(14)19-10)7-18-8-12-5-16-6-13(12)9-18;/h2-4,12-13,16H,5-9H2,1H3;1H/t12-,13+;.